The van der Waals surface area contributed by atoms with Crippen LogP contribution in [0.4, 0.5) is 10.1 Å². The van der Waals surface area contributed by atoms with E-state index >= 15 is 4.39 Å². The Morgan fingerprint density at radius 3 is 2.56 bits per heavy atom. The number of methoxy groups -OCH3 is 1. The third kappa shape index (κ3) is 3.42. The maximum absolute atomic E-state index is 15.6. The Balaban J connectivity index is 1.60. The average molecular weight is 489 g/mol. The van der Waals surface area contributed by atoms with E-state index in [2.05, 4.69) is 25.3 Å². The van der Waals surface area contributed by atoms with Gasteiger partial charge in [0.1, 0.15) is 5.75 Å². The zero-order chi connectivity index (χ0) is 25.0. The number of rotatable bonds is 4. The van der Waals surface area contributed by atoms with E-state index in [9.17, 15) is 4.79 Å². The van der Waals surface area contributed by atoms with Crippen LogP contribution < -0.4 is 20.6 Å². The summed E-state index contributed by atoms with van der Waals surface area (Å²) in [7, 11) is 5.08. The number of benzene rings is 1. The van der Waals surface area contributed by atoms with Crippen molar-refractivity contribution in [3.63, 3.8) is 0 Å². The number of aryl methyl sites for hydroxylation is 2. The van der Waals surface area contributed by atoms with Crippen LogP contribution in [-0.4, -0.2) is 62.2 Å². The van der Waals surface area contributed by atoms with Gasteiger partial charge < -0.3 is 15.0 Å². The summed E-state index contributed by atoms with van der Waals surface area (Å²) in [5.74, 6) is 0.0131. The third-order valence-corrected chi connectivity index (χ3v) is 6.72. The zero-order valence-electron chi connectivity index (χ0n) is 20.2. The van der Waals surface area contributed by atoms with Gasteiger partial charge >= 0.3 is 5.69 Å². The fourth-order valence-corrected chi connectivity index (χ4v) is 4.86. The Kier molecular flexibility index (Phi) is 5.22. The van der Waals surface area contributed by atoms with Crippen LogP contribution in [-0.2, 0) is 14.1 Å². The van der Waals surface area contributed by atoms with Crippen LogP contribution in [0.15, 0.2) is 47.8 Å². The van der Waals surface area contributed by atoms with Crippen LogP contribution in [0.5, 0.6) is 5.75 Å². The largest absolute Gasteiger partial charge is 0.496 e. The summed E-state index contributed by atoms with van der Waals surface area (Å²) in [6, 6.07) is 5.17. The number of hydrogen-bond acceptors (Lipinski definition) is 7. The molecule has 1 aliphatic rings. The number of nitrogens with one attached hydrogen (secondary N) is 1. The first-order valence-electron chi connectivity index (χ1n) is 11.6. The molecule has 5 heterocycles. The second-order valence-electron chi connectivity index (χ2n) is 8.88. The monoisotopic (exact) mass is 488 g/mol. The number of fused-ring (bicyclic) bond motifs is 3. The molecule has 0 saturated carbocycles. The summed E-state index contributed by atoms with van der Waals surface area (Å²) >= 11 is 0. The van der Waals surface area contributed by atoms with Gasteiger partial charge in [-0.15, -0.1) is 0 Å². The van der Waals surface area contributed by atoms with Crippen LogP contribution >= 0.6 is 0 Å². The third-order valence-electron chi connectivity index (χ3n) is 6.72. The van der Waals surface area contributed by atoms with E-state index in [1.807, 2.05) is 25.4 Å². The van der Waals surface area contributed by atoms with Crippen LogP contribution in [0, 0.1) is 5.82 Å². The molecule has 5 aromatic rings. The molecule has 184 valence electrons. The highest BCUT2D eigenvalue weighted by Gasteiger charge is 2.22. The van der Waals surface area contributed by atoms with Crippen molar-refractivity contribution in [3.8, 4) is 22.7 Å². The molecule has 0 atom stereocenters. The molecule has 11 heteroatoms. The average Bonchev–Trinajstić information content (AvgIpc) is 3.44. The first-order chi connectivity index (χ1) is 17.5. The number of nitrogens with zero attached hydrogens (tertiary/aromatic N) is 7. The lowest BCUT2D eigenvalue weighted by Gasteiger charge is -2.29. The molecule has 6 rings (SSSR count). The molecule has 1 fully saturated rings. The second-order valence-corrected chi connectivity index (χ2v) is 8.88. The van der Waals surface area contributed by atoms with E-state index in [1.165, 1.54) is 15.2 Å². The highest BCUT2D eigenvalue weighted by atomic mass is 19.1. The number of imidazole rings is 1. The van der Waals surface area contributed by atoms with Crippen LogP contribution in [0.25, 0.3) is 38.9 Å². The Morgan fingerprint density at radius 1 is 1.06 bits per heavy atom. The molecule has 4 aromatic heterocycles. The van der Waals surface area contributed by atoms with Gasteiger partial charge in [-0.3, -0.25) is 14.2 Å². The SMILES string of the molecule is COc1cc2ncc3c(c2cc1-c1cnn(C)c1)n(-c1ncc(N2CCNCC2)cc1F)c(=O)n3C. The summed E-state index contributed by atoms with van der Waals surface area (Å²) in [5.41, 5.74) is 3.65. The number of piperazine rings is 1. The normalized spacial score (nSPS) is 14.2. The van der Waals surface area contributed by atoms with E-state index in [-0.39, 0.29) is 5.82 Å². The van der Waals surface area contributed by atoms with Gasteiger partial charge in [0.2, 0.25) is 0 Å². The first kappa shape index (κ1) is 22.2. The van der Waals surface area contributed by atoms with Crippen molar-refractivity contribution in [1.82, 2.24) is 34.2 Å². The lowest BCUT2D eigenvalue weighted by molar-refractivity contribution is 0.417. The number of aromatic nitrogens is 6. The van der Waals surface area contributed by atoms with Crippen molar-refractivity contribution in [2.24, 2.45) is 14.1 Å². The van der Waals surface area contributed by atoms with Crippen molar-refractivity contribution in [2.75, 3.05) is 38.2 Å². The van der Waals surface area contributed by atoms with Crippen molar-refractivity contribution < 1.29 is 9.13 Å². The maximum Gasteiger partial charge on any atom is 0.334 e. The van der Waals surface area contributed by atoms with Gasteiger partial charge in [0.25, 0.3) is 0 Å². The molecule has 0 amide bonds. The van der Waals surface area contributed by atoms with Gasteiger partial charge in [0.05, 0.1) is 47.9 Å². The molecule has 1 aliphatic heterocycles. The fraction of sp³-hybridized carbons (Fsp3) is 0.280. The summed E-state index contributed by atoms with van der Waals surface area (Å²) in [6.07, 6.45) is 6.87. The molecule has 0 spiro atoms. The Morgan fingerprint density at radius 2 is 1.86 bits per heavy atom. The van der Waals surface area contributed by atoms with E-state index in [0.29, 0.717) is 33.4 Å². The summed E-state index contributed by atoms with van der Waals surface area (Å²) in [6.45, 7) is 3.19. The van der Waals surface area contributed by atoms with E-state index in [0.717, 1.165) is 37.3 Å². The molecule has 0 unspecified atom stereocenters. The molecule has 0 bridgehead atoms. The summed E-state index contributed by atoms with van der Waals surface area (Å²) < 4.78 is 25.7. The van der Waals surface area contributed by atoms with E-state index in [4.69, 9.17) is 4.74 Å². The maximum atomic E-state index is 15.6. The van der Waals surface area contributed by atoms with Gasteiger partial charge in [-0.1, -0.05) is 0 Å². The van der Waals surface area contributed by atoms with Crippen LogP contribution in [0.2, 0.25) is 0 Å². The minimum absolute atomic E-state index is 0.0456. The van der Waals surface area contributed by atoms with Crippen molar-refractivity contribution in [3.05, 3.63) is 59.3 Å². The molecule has 0 aliphatic carbocycles. The molecule has 1 saturated heterocycles. The topological polar surface area (TPSA) is 95.0 Å². The highest BCUT2D eigenvalue weighted by molar-refractivity contribution is 6.05. The lowest BCUT2D eigenvalue weighted by atomic mass is 10.0. The van der Waals surface area contributed by atoms with Gasteiger partial charge in [-0.25, -0.2) is 18.7 Å². The highest BCUT2D eigenvalue weighted by Crippen LogP contribution is 2.36. The fourth-order valence-electron chi connectivity index (χ4n) is 4.86. The van der Waals surface area contributed by atoms with E-state index in [1.54, 1.807) is 37.4 Å². The molecular formula is C25H25FN8O2. The van der Waals surface area contributed by atoms with E-state index < -0.39 is 11.5 Å². The summed E-state index contributed by atoms with van der Waals surface area (Å²) in [4.78, 5) is 24.5. The predicted octanol–water partition coefficient (Wildman–Crippen LogP) is 2.23. The van der Waals surface area contributed by atoms with Gasteiger partial charge in [-0.05, 0) is 6.07 Å². The van der Waals surface area contributed by atoms with Crippen molar-refractivity contribution in [1.29, 1.82) is 0 Å². The first-order valence-corrected chi connectivity index (χ1v) is 11.6. The minimum Gasteiger partial charge on any atom is -0.496 e. The number of pyridine rings is 2. The van der Waals surface area contributed by atoms with Crippen LogP contribution in [0.1, 0.15) is 0 Å². The Hall–Kier alpha value is -4.25. The molecule has 1 N–H and O–H groups in total. The predicted molar refractivity (Wildman–Crippen MR) is 135 cm³/mol. The molecule has 10 nitrogen and oxygen atoms in total. The van der Waals surface area contributed by atoms with Gasteiger partial charge in [-0.2, -0.15) is 5.10 Å². The smallest absolute Gasteiger partial charge is 0.334 e. The summed E-state index contributed by atoms with van der Waals surface area (Å²) in [5, 5.41) is 8.23. The quantitative estimate of drug-likeness (QED) is 0.415. The lowest BCUT2D eigenvalue weighted by Crippen LogP contribution is -2.43. The zero-order valence-corrected chi connectivity index (χ0v) is 20.2. The molecular weight excluding hydrogens is 463 g/mol. The molecule has 36 heavy (non-hydrogen) atoms. The van der Waals surface area contributed by atoms with Gasteiger partial charge in [0.15, 0.2) is 11.6 Å². The second kappa shape index (κ2) is 8.45. The number of ether oxygens (including phenoxy) is 1. The number of anilines is 1. The van der Waals surface area contributed by atoms with Crippen molar-refractivity contribution in [2.45, 2.75) is 0 Å². The number of halogens is 1. The molecule has 1 aromatic carbocycles. The standard InChI is InChI=1S/C25H25FN8O2/c1-31-14-15(11-30-31)17-9-18-20(10-22(17)36-3)28-13-21-23(18)34(25(35)32(21)2)24-19(26)8-16(12-29-24)33-6-4-27-5-7-33/h8-14,27H,4-7H2,1-3H3. The van der Waals surface area contributed by atoms with Crippen LogP contribution in [0.3, 0.4) is 0 Å². The van der Waals surface area contributed by atoms with Gasteiger partial charge in [0, 0.05) is 75.1 Å². The Labute approximate surface area is 205 Å². The molecule has 0 radical (unpaired) electrons. The Bertz CT molecular complexity index is 1680. The van der Waals surface area contributed by atoms with Crippen molar-refractivity contribution >= 4 is 27.6 Å². The minimum atomic E-state index is -0.563. The number of hydrogen-bond donors (Lipinski definition) is 1.